The fraction of sp³-hybridized carbons (Fsp3) is 0.486. The number of benzene rings is 6. The Morgan fingerprint density at radius 3 is 1.15 bits per heavy atom. The lowest BCUT2D eigenvalue weighted by Gasteiger charge is -2.46. The first-order chi connectivity index (χ1) is 33.3. The highest BCUT2D eigenvalue weighted by atomic mass is 15.2. The summed E-state index contributed by atoms with van der Waals surface area (Å²) in [4.78, 5) is 5.39. The summed E-state index contributed by atoms with van der Waals surface area (Å²) >= 11 is 0. The summed E-state index contributed by atoms with van der Waals surface area (Å²) in [5.41, 5.74) is 27.4. The Morgan fingerprint density at radius 2 is 0.726 bits per heavy atom. The summed E-state index contributed by atoms with van der Waals surface area (Å²) in [6, 6.07) is 40.0. The van der Waals surface area contributed by atoms with Crippen molar-refractivity contribution in [3.63, 3.8) is 0 Å². The average molecular weight is 969 g/mol. The largest absolute Gasteiger partial charge is 0.311 e. The Morgan fingerprint density at radius 1 is 0.356 bits per heavy atom. The van der Waals surface area contributed by atoms with Crippen LogP contribution < -0.4 is 26.2 Å². The first kappa shape index (κ1) is 51.5. The molecule has 2 heterocycles. The molecule has 0 spiro atoms. The highest BCUT2D eigenvalue weighted by Gasteiger charge is 2.52. The van der Waals surface area contributed by atoms with Gasteiger partial charge >= 0.3 is 0 Å². The molecule has 0 atom stereocenters. The standard InChI is InChI=1S/C70H89BN2/c1-62(2,3)42-24-29-47(30-25-42)72-54-32-27-44(64(7,8)9)35-51(54)71-52-36-45(65(10,11)12)28-33-55(52)73(57-38-46(66(13,14)15)37-56(72)61(57)71)53-31-26-43(63(4,5)6)34-48(53)58-59-49(67(16,17)40-69(59,20)21)39-50-60(58)70(22,23)41-68(50,18)19/h24-39H,40-41H2,1-23H3. The van der Waals surface area contributed by atoms with Gasteiger partial charge in [-0.15, -0.1) is 0 Å². The summed E-state index contributed by atoms with van der Waals surface area (Å²) in [6.45, 7) is 55.8. The zero-order valence-corrected chi connectivity index (χ0v) is 49.6. The number of hydrogen-bond acceptors (Lipinski definition) is 2. The van der Waals surface area contributed by atoms with Crippen molar-refractivity contribution < 1.29 is 0 Å². The second kappa shape index (κ2) is 15.8. The molecule has 4 aliphatic rings. The molecule has 0 amide bonds. The zero-order valence-electron chi connectivity index (χ0n) is 49.6. The maximum absolute atomic E-state index is 2.76. The van der Waals surface area contributed by atoms with E-state index in [1.807, 2.05) is 0 Å². The molecular formula is C70H89BN2. The van der Waals surface area contributed by atoms with E-state index in [1.165, 1.54) is 89.5 Å². The van der Waals surface area contributed by atoms with E-state index in [2.05, 4.69) is 266 Å². The highest BCUT2D eigenvalue weighted by molar-refractivity contribution is 7.00. The highest BCUT2D eigenvalue weighted by Crippen LogP contribution is 2.62. The van der Waals surface area contributed by atoms with Gasteiger partial charge in [0.05, 0.1) is 5.69 Å². The Balaban J connectivity index is 1.40. The minimum absolute atomic E-state index is 0.0111. The summed E-state index contributed by atoms with van der Waals surface area (Å²) in [6.07, 6.45) is 2.24. The van der Waals surface area contributed by atoms with Gasteiger partial charge in [0.2, 0.25) is 0 Å². The molecule has 6 aromatic carbocycles. The molecule has 6 aromatic rings. The lowest BCUT2D eigenvalue weighted by Crippen LogP contribution is -2.62. The third kappa shape index (κ3) is 8.18. The second-order valence-electron chi connectivity index (χ2n) is 31.1. The predicted octanol–water partition coefficient (Wildman–Crippen LogP) is 17.8. The fourth-order valence-corrected chi connectivity index (χ4v) is 14.4. The van der Waals surface area contributed by atoms with E-state index in [-0.39, 0.29) is 55.4 Å². The van der Waals surface area contributed by atoms with Crippen LogP contribution in [0.2, 0.25) is 0 Å². The van der Waals surface area contributed by atoms with Crippen LogP contribution in [0.25, 0.3) is 11.1 Å². The van der Waals surface area contributed by atoms with Crippen LogP contribution in [0.4, 0.5) is 34.1 Å². The topological polar surface area (TPSA) is 6.48 Å². The first-order valence-corrected chi connectivity index (χ1v) is 27.9. The van der Waals surface area contributed by atoms with Gasteiger partial charge in [-0.2, -0.15) is 0 Å². The molecule has 382 valence electrons. The average Bonchev–Trinajstić information content (AvgIpc) is 3.57. The molecule has 0 unspecified atom stereocenters. The summed E-state index contributed by atoms with van der Waals surface area (Å²) < 4.78 is 0. The van der Waals surface area contributed by atoms with Crippen molar-refractivity contribution in [2.45, 2.75) is 221 Å². The van der Waals surface area contributed by atoms with Crippen molar-refractivity contribution in [1.82, 2.24) is 0 Å². The second-order valence-corrected chi connectivity index (χ2v) is 31.1. The van der Waals surface area contributed by atoms with Gasteiger partial charge in [-0.25, -0.2) is 0 Å². The third-order valence-corrected chi connectivity index (χ3v) is 17.9. The van der Waals surface area contributed by atoms with Crippen LogP contribution in [0.5, 0.6) is 0 Å². The Bertz CT molecular complexity index is 3190. The summed E-state index contributed by atoms with van der Waals surface area (Å²) in [5, 5.41) is 0. The molecule has 0 bridgehead atoms. The van der Waals surface area contributed by atoms with Gasteiger partial charge in [0, 0.05) is 34.0 Å². The molecule has 0 saturated carbocycles. The fourth-order valence-electron chi connectivity index (χ4n) is 14.4. The van der Waals surface area contributed by atoms with Crippen LogP contribution in [0.1, 0.15) is 222 Å². The molecule has 0 N–H and O–H groups in total. The molecule has 73 heavy (non-hydrogen) atoms. The third-order valence-electron chi connectivity index (χ3n) is 17.9. The van der Waals surface area contributed by atoms with Crippen molar-refractivity contribution in [1.29, 1.82) is 0 Å². The Labute approximate surface area is 443 Å². The molecule has 2 aliphatic carbocycles. The number of hydrogen-bond donors (Lipinski definition) is 0. The lowest BCUT2D eigenvalue weighted by molar-refractivity contribution is 0.396. The van der Waals surface area contributed by atoms with Crippen LogP contribution in [0.3, 0.4) is 0 Å². The molecule has 2 nitrogen and oxygen atoms in total. The smallest absolute Gasteiger partial charge is 0.252 e. The van der Waals surface area contributed by atoms with E-state index in [4.69, 9.17) is 0 Å². The van der Waals surface area contributed by atoms with E-state index < -0.39 is 0 Å². The van der Waals surface area contributed by atoms with Gasteiger partial charge in [0.1, 0.15) is 0 Å². The molecule has 0 aromatic heterocycles. The molecule has 0 fully saturated rings. The van der Waals surface area contributed by atoms with Gasteiger partial charge in [-0.3, -0.25) is 0 Å². The maximum atomic E-state index is 2.76. The van der Waals surface area contributed by atoms with E-state index in [9.17, 15) is 0 Å². The molecule has 10 rings (SSSR count). The van der Waals surface area contributed by atoms with E-state index >= 15 is 0 Å². The summed E-state index contributed by atoms with van der Waals surface area (Å²) in [7, 11) is 0. The Hall–Kier alpha value is -5.02. The van der Waals surface area contributed by atoms with Crippen LogP contribution in [-0.2, 0) is 48.7 Å². The van der Waals surface area contributed by atoms with Crippen LogP contribution in [0, 0.1) is 0 Å². The van der Waals surface area contributed by atoms with Gasteiger partial charge in [-0.1, -0.05) is 208 Å². The van der Waals surface area contributed by atoms with Crippen molar-refractivity contribution in [3.8, 4) is 11.1 Å². The first-order valence-electron chi connectivity index (χ1n) is 27.9. The van der Waals surface area contributed by atoms with E-state index in [0.717, 1.165) is 12.8 Å². The number of anilines is 6. The van der Waals surface area contributed by atoms with Crippen LogP contribution in [0.15, 0.2) is 97.1 Å². The van der Waals surface area contributed by atoms with Gasteiger partial charge in [-0.05, 0) is 182 Å². The van der Waals surface area contributed by atoms with Gasteiger partial charge < -0.3 is 9.80 Å². The van der Waals surface area contributed by atoms with E-state index in [1.54, 1.807) is 22.3 Å². The number of nitrogens with zero attached hydrogens (tertiary/aromatic N) is 2. The molecule has 3 heteroatoms. The number of rotatable bonds is 3. The van der Waals surface area contributed by atoms with Crippen molar-refractivity contribution in [2.75, 3.05) is 9.80 Å². The Kier molecular flexibility index (Phi) is 11.1. The molecular weight excluding hydrogens is 880 g/mol. The van der Waals surface area contributed by atoms with Crippen molar-refractivity contribution >= 4 is 57.2 Å². The van der Waals surface area contributed by atoms with Crippen LogP contribution >= 0.6 is 0 Å². The molecule has 0 radical (unpaired) electrons. The van der Waals surface area contributed by atoms with Crippen LogP contribution in [-0.4, -0.2) is 6.71 Å². The monoisotopic (exact) mass is 969 g/mol. The van der Waals surface area contributed by atoms with Crippen molar-refractivity contribution in [2.24, 2.45) is 0 Å². The SMILES string of the molecule is CC(C)(C)c1ccc(N2c3ccc(C(C)(C)C)cc3B3c4cc(C(C)(C)C)ccc4N(c4ccc(C(C)(C)C)cc4-c4c5c(cc6c4C(C)(C)CC6(C)C)C(C)(C)CC5(C)C)c4cc(C(C)(C)C)cc2c43)cc1. The van der Waals surface area contributed by atoms with Gasteiger partial charge in [0.15, 0.2) is 0 Å². The van der Waals surface area contributed by atoms with E-state index in [0.29, 0.717) is 0 Å². The predicted molar refractivity (Wildman–Crippen MR) is 321 cm³/mol. The number of fused-ring (bicyclic) bond motifs is 6. The quantitative estimate of drug-likeness (QED) is 0.163. The maximum Gasteiger partial charge on any atom is 0.252 e. The van der Waals surface area contributed by atoms with Crippen molar-refractivity contribution in [3.05, 3.63) is 147 Å². The summed E-state index contributed by atoms with van der Waals surface area (Å²) in [5.74, 6) is 0. The zero-order chi connectivity index (χ0) is 53.5. The lowest BCUT2D eigenvalue weighted by atomic mass is 9.33. The minimum atomic E-state index is -0.133. The molecule has 2 aliphatic heterocycles. The van der Waals surface area contributed by atoms with Gasteiger partial charge in [0.25, 0.3) is 6.71 Å². The molecule has 0 saturated heterocycles. The minimum Gasteiger partial charge on any atom is -0.311 e. The normalized spacial score (nSPS) is 18.3.